The summed E-state index contributed by atoms with van der Waals surface area (Å²) in [5.74, 6) is -0.662. The first kappa shape index (κ1) is 31.0. The van der Waals surface area contributed by atoms with Gasteiger partial charge in [0.15, 0.2) is 0 Å². The van der Waals surface area contributed by atoms with Gasteiger partial charge in [0.1, 0.15) is 0 Å². The standard InChI is InChI=1S/C24H31N5O5S/c1-8-14(3)10-11-19(9-2)27-24(34)21(15(4)25)16(5)28-29-23(33)18(7)35-17(6)22(32)26-13-12-20(30)31/h2,10-11H,6-8,12-13,25H2,1,3-5H3,(H,26,32)(H,27,34)(H,29,33)(H,30,31)/b14-10-,19-11+,21-15?,28-16?. The van der Waals surface area contributed by atoms with Gasteiger partial charge in [-0.3, -0.25) is 19.2 Å². The lowest BCUT2D eigenvalue weighted by atomic mass is 10.1. The largest absolute Gasteiger partial charge is 0.481 e. The molecule has 0 atom stereocenters. The van der Waals surface area contributed by atoms with Gasteiger partial charge in [0.05, 0.1) is 33.2 Å². The third-order valence-corrected chi connectivity index (χ3v) is 5.05. The van der Waals surface area contributed by atoms with E-state index >= 15 is 0 Å². The van der Waals surface area contributed by atoms with Crippen LogP contribution in [0.4, 0.5) is 0 Å². The van der Waals surface area contributed by atoms with E-state index in [2.05, 4.69) is 40.2 Å². The number of nitrogens with zero attached hydrogens (tertiary/aromatic N) is 1. The van der Waals surface area contributed by atoms with Crippen molar-refractivity contribution >= 4 is 41.2 Å². The molecule has 0 aromatic rings. The average molecular weight is 502 g/mol. The SMILES string of the molecule is C#C/C(=C\C=C(\C)CC)NC(=O)C(C(C)=NNC(=O)C(=C)SC(=C)C(=O)NCCC(=O)O)=C(C)N. The zero-order chi connectivity index (χ0) is 27.1. The Hall–Kier alpha value is -4.04. The number of carboxylic acids is 1. The molecule has 0 aliphatic rings. The number of thioether (sulfide) groups is 1. The molecular weight excluding hydrogens is 470 g/mol. The lowest BCUT2D eigenvalue weighted by Gasteiger charge is -2.11. The van der Waals surface area contributed by atoms with Crippen molar-refractivity contribution in [1.82, 2.24) is 16.1 Å². The molecule has 0 spiro atoms. The van der Waals surface area contributed by atoms with Gasteiger partial charge in [0.2, 0.25) is 0 Å². The van der Waals surface area contributed by atoms with E-state index < -0.39 is 23.7 Å². The predicted molar refractivity (Wildman–Crippen MR) is 138 cm³/mol. The normalized spacial score (nSPS) is 12.6. The molecule has 0 saturated heterocycles. The van der Waals surface area contributed by atoms with Crippen LogP contribution in [0.25, 0.3) is 0 Å². The monoisotopic (exact) mass is 501 g/mol. The van der Waals surface area contributed by atoms with Gasteiger partial charge >= 0.3 is 5.97 Å². The molecule has 0 radical (unpaired) electrons. The first-order chi connectivity index (χ1) is 16.3. The van der Waals surface area contributed by atoms with Crippen LogP contribution < -0.4 is 21.8 Å². The van der Waals surface area contributed by atoms with Gasteiger partial charge in [-0.15, -0.1) is 6.42 Å². The summed E-state index contributed by atoms with van der Waals surface area (Å²) in [5.41, 5.74) is 9.65. The second kappa shape index (κ2) is 15.7. The molecule has 0 fully saturated rings. The number of hydrazone groups is 1. The number of amides is 3. The third-order valence-electron chi connectivity index (χ3n) is 4.18. The molecule has 10 nitrogen and oxygen atoms in total. The Kier molecular flexibility index (Phi) is 13.9. The van der Waals surface area contributed by atoms with Crippen LogP contribution in [0.1, 0.15) is 40.5 Å². The summed E-state index contributed by atoms with van der Waals surface area (Å²) in [6.07, 6.45) is 9.42. The molecule has 0 unspecified atom stereocenters. The molecule has 35 heavy (non-hydrogen) atoms. The van der Waals surface area contributed by atoms with Crippen LogP contribution in [0, 0.1) is 12.3 Å². The Morgan fingerprint density at radius 2 is 1.69 bits per heavy atom. The molecular formula is C24H31N5O5S. The van der Waals surface area contributed by atoms with Crippen LogP contribution in [0.2, 0.25) is 0 Å². The fraction of sp³-hybridized carbons (Fsp3) is 0.292. The molecule has 0 aromatic heterocycles. The van der Waals surface area contributed by atoms with E-state index in [9.17, 15) is 19.2 Å². The Balaban J connectivity index is 5.23. The number of hydrogen-bond acceptors (Lipinski definition) is 7. The summed E-state index contributed by atoms with van der Waals surface area (Å²) in [5, 5.41) is 17.4. The number of carbonyl (C=O) groups excluding carboxylic acids is 3. The summed E-state index contributed by atoms with van der Waals surface area (Å²) in [6.45, 7) is 13.9. The average Bonchev–Trinajstić information content (AvgIpc) is 2.78. The van der Waals surface area contributed by atoms with Gasteiger partial charge in [-0.2, -0.15) is 5.10 Å². The highest BCUT2D eigenvalue weighted by Gasteiger charge is 2.18. The zero-order valence-electron chi connectivity index (χ0n) is 20.3. The van der Waals surface area contributed by atoms with Crippen molar-refractivity contribution in [2.24, 2.45) is 10.8 Å². The summed E-state index contributed by atoms with van der Waals surface area (Å²) in [7, 11) is 0. The molecule has 0 rings (SSSR count). The summed E-state index contributed by atoms with van der Waals surface area (Å²) >= 11 is 0.687. The number of rotatable bonds is 13. The maximum absolute atomic E-state index is 12.7. The van der Waals surface area contributed by atoms with E-state index in [0.29, 0.717) is 11.8 Å². The minimum atomic E-state index is -1.06. The number of hydrogen-bond donors (Lipinski definition) is 5. The second-order valence-corrected chi connectivity index (χ2v) is 8.28. The van der Waals surface area contributed by atoms with Crippen molar-refractivity contribution in [2.75, 3.05) is 6.54 Å². The Morgan fingerprint density at radius 3 is 2.20 bits per heavy atom. The van der Waals surface area contributed by atoms with Crippen LogP contribution in [-0.4, -0.2) is 41.1 Å². The van der Waals surface area contributed by atoms with Crippen LogP contribution in [0.3, 0.4) is 0 Å². The zero-order valence-corrected chi connectivity index (χ0v) is 21.1. The van der Waals surface area contributed by atoms with Crippen LogP contribution >= 0.6 is 11.8 Å². The van der Waals surface area contributed by atoms with Crippen molar-refractivity contribution in [2.45, 2.75) is 40.5 Å². The minimum Gasteiger partial charge on any atom is -0.481 e. The highest BCUT2D eigenvalue weighted by Crippen LogP contribution is 2.22. The number of carbonyl (C=O) groups is 4. The van der Waals surface area contributed by atoms with Crippen molar-refractivity contribution in [3.63, 3.8) is 0 Å². The predicted octanol–water partition coefficient (Wildman–Crippen LogP) is 2.05. The number of carboxylic acid groups (broad SMARTS) is 1. The van der Waals surface area contributed by atoms with E-state index in [1.807, 2.05) is 13.8 Å². The molecule has 11 heteroatoms. The Labute approximate surface area is 209 Å². The number of aliphatic carboxylic acids is 1. The molecule has 0 aliphatic carbocycles. The van der Waals surface area contributed by atoms with Crippen molar-refractivity contribution in [3.05, 3.63) is 57.7 Å². The maximum Gasteiger partial charge on any atom is 0.305 e. The summed E-state index contributed by atoms with van der Waals surface area (Å²) < 4.78 is 0. The number of terminal acetylenes is 1. The fourth-order valence-electron chi connectivity index (χ4n) is 2.16. The van der Waals surface area contributed by atoms with Crippen LogP contribution in [0.5, 0.6) is 0 Å². The molecule has 0 heterocycles. The first-order valence-electron chi connectivity index (χ1n) is 10.4. The van der Waals surface area contributed by atoms with Crippen LogP contribution in [-0.2, 0) is 19.2 Å². The second-order valence-electron chi connectivity index (χ2n) is 7.09. The molecule has 0 saturated carbocycles. The number of nitrogens with two attached hydrogens (primary N) is 1. The number of allylic oxidation sites excluding steroid dienone is 5. The number of nitrogens with one attached hydrogen (secondary N) is 3. The van der Waals surface area contributed by atoms with Gasteiger partial charge in [-0.05, 0) is 33.3 Å². The highest BCUT2D eigenvalue weighted by atomic mass is 32.2. The molecule has 6 N–H and O–H groups in total. The van der Waals surface area contributed by atoms with E-state index in [0.717, 1.165) is 12.0 Å². The van der Waals surface area contributed by atoms with Gasteiger partial charge in [0.25, 0.3) is 17.7 Å². The fourth-order valence-corrected chi connectivity index (χ4v) is 2.76. The lowest BCUT2D eigenvalue weighted by Crippen LogP contribution is -2.30. The van der Waals surface area contributed by atoms with Crippen LogP contribution in [0.15, 0.2) is 62.8 Å². The van der Waals surface area contributed by atoms with Gasteiger partial charge < -0.3 is 21.5 Å². The topological polar surface area (TPSA) is 163 Å². The maximum atomic E-state index is 12.7. The lowest BCUT2D eigenvalue weighted by molar-refractivity contribution is -0.137. The van der Waals surface area contributed by atoms with Crippen molar-refractivity contribution in [1.29, 1.82) is 0 Å². The Bertz CT molecular complexity index is 1060. The smallest absolute Gasteiger partial charge is 0.305 e. The van der Waals surface area contributed by atoms with Gasteiger partial charge in [0, 0.05) is 12.2 Å². The van der Waals surface area contributed by atoms with Crippen molar-refractivity contribution < 1.29 is 24.3 Å². The first-order valence-corrected chi connectivity index (χ1v) is 11.2. The van der Waals surface area contributed by atoms with Gasteiger partial charge in [-0.25, -0.2) is 5.43 Å². The quantitative estimate of drug-likeness (QED) is 0.0847. The highest BCUT2D eigenvalue weighted by molar-refractivity contribution is 8.08. The minimum absolute atomic E-state index is 0.0168. The summed E-state index contributed by atoms with van der Waals surface area (Å²) in [6, 6.07) is 0. The van der Waals surface area contributed by atoms with E-state index in [1.165, 1.54) is 13.8 Å². The summed E-state index contributed by atoms with van der Waals surface area (Å²) in [4.78, 5) is 47.2. The molecule has 0 bridgehead atoms. The Morgan fingerprint density at radius 1 is 1.09 bits per heavy atom. The van der Waals surface area contributed by atoms with E-state index in [4.69, 9.17) is 17.3 Å². The molecule has 188 valence electrons. The van der Waals surface area contributed by atoms with E-state index in [-0.39, 0.29) is 45.5 Å². The van der Waals surface area contributed by atoms with Crippen molar-refractivity contribution in [3.8, 4) is 12.3 Å². The molecule has 0 aliphatic heterocycles. The third kappa shape index (κ3) is 12.1. The van der Waals surface area contributed by atoms with E-state index in [1.54, 1.807) is 12.2 Å². The van der Waals surface area contributed by atoms with Gasteiger partial charge in [-0.1, -0.05) is 49.4 Å². The molecule has 3 amide bonds. The molecule has 0 aromatic carbocycles.